The zero-order valence-electron chi connectivity index (χ0n) is 22.4. The van der Waals surface area contributed by atoms with Crippen LogP contribution in [0.1, 0.15) is 17.0 Å². The highest BCUT2D eigenvalue weighted by atomic mass is 32.2. The van der Waals surface area contributed by atoms with Crippen LogP contribution in [-0.2, 0) is 19.4 Å². The number of sulfone groups is 1. The van der Waals surface area contributed by atoms with Crippen LogP contribution in [0.15, 0.2) is 93.5 Å². The van der Waals surface area contributed by atoms with Gasteiger partial charge in [-0.1, -0.05) is 42.5 Å². The summed E-state index contributed by atoms with van der Waals surface area (Å²) in [7, 11) is -0.0343. The molecular formula is C30H26N2O7S2. The van der Waals surface area contributed by atoms with Crippen LogP contribution in [0.2, 0.25) is 0 Å². The molecule has 1 aliphatic rings. The SMILES string of the molecule is COC(=O)C1=c2s/c(=C\c3ccc(OC)cc3)c(=O)n2C(N)=C(S(=O)(=O)c2ccccc2)[C@H]1c1ccc(OC)cc1. The number of ether oxygens (including phenoxy) is 3. The zero-order valence-corrected chi connectivity index (χ0v) is 24.0. The van der Waals surface area contributed by atoms with E-state index in [1.165, 1.54) is 26.4 Å². The van der Waals surface area contributed by atoms with Gasteiger partial charge >= 0.3 is 5.97 Å². The highest BCUT2D eigenvalue weighted by Gasteiger charge is 2.42. The number of esters is 1. The Hall–Kier alpha value is -4.61. The van der Waals surface area contributed by atoms with Crippen molar-refractivity contribution in [3.8, 4) is 11.5 Å². The van der Waals surface area contributed by atoms with Crippen molar-refractivity contribution in [2.75, 3.05) is 21.3 Å². The van der Waals surface area contributed by atoms with Crippen molar-refractivity contribution in [2.45, 2.75) is 10.8 Å². The van der Waals surface area contributed by atoms with Gasteiger partial charge in [-0.15, -0.1) is 11.3 Å². The van der Waals surface area contributed by atoms with Crippen molar-refractivity contribution in [2.24, 2.45) is 5.73 Å². The number of hydrogen-bond acceptors (Lipinski definition) is 9. The topological polar surface area (TPSA) is 127 Å². The number of rotatable bonds is 7. The number of carbonyl (C=O) groups is 1. The lowest BCUT2D eigenvalue weighted by Gasteiger charge is -2.28. The van der Waals surface area contributed by atoms with E-state index >= 15 is 0 Å². The summed E-state index contributed by atoms with van der Waals surface area (Å²) in [5.74, 6) is -1.04. The number of aromatic nitrogens is 1. The minimum absolute atomic E-state index is 0.0159. The number of carbonyl (C=O) groups excluding carboxylic acids is 1. The Labute approximate surface area is 240 Å². The number of benzene rings is 3. The smallest absolute Gasteiger partial charge is 0.337 e. The van der Waals surface area contributed by atoms with E-state index in [0.29, 0.717) is 22.6 Å². The molecule has 0 saturated heterocycles. The normalized spacial score (nSPS) is 15.4. The minimum atomic E-state index is -4.30. The van der Waals surface area contributed by atoms with Gasteiger partial charge in [0.1, 0.15) is 26.9 Å². The van der Waals surface area contributed by atoms with E-state index in [1.54, 1.807) is 79.9 Å². The second-order valence-corrected chi connectivity index (χ2v) is 12.0. The second-order valence-electron chi connectivity index (χ2n) is 9.01. The minimum Gasteiger partial charge on any atom is -0.497 e. The molecule has 0 fully saturated rings. The van der Waals surface area contributed by atoms with E-state index in [0.717, 1.165) is 15.9 Å². The Morgan fingerprint density at radius 2 is 1.49 bits per heavy atom. The Morgan fingerprint density at radius 1 is 0.902 bits per heavy atom. The largest absolute Gasteiger partial charge is 0.497 e. The number of methoxy groups -OCH3 is 3. The van der Waals surface area contributed by atoms with E-state index in [2.05, 4.69) is 0 Å². The molecule has 11 heteroatoms. The first-order valence-electron chi connectivity index (χ1n) is 12.4. The van der Waals surface area contributed by atoms with Gasteiger partial charge in [-0.05, 0) is 53.6 Å². The highest BCUT2D eigenvalue weighted by Crippen LogP contribution is 2.42. The molecule has 4 aromatic rings. The first-order chi connectivity index (χ1) is 19.7. The van der Waals surface area contributed by atoms with Crippen molar-refractivity contribution in [1.82, 2.24) is 4.57 Å². The fraction of sp³-hybridized carbons (Fsp3) is 0.133. The summed E-state index contributed by atoms with van der Waals surface area (Å²) in [6.45, 7) is 0. The molecule has 0 radical (unpaired) electrons. The van der Waals surface area contributed by atoms with Crippen molar-refractivity contribution in [3.63, 3.8) is 0 Å². The molecular weight excluding hydrogens is 564 g/mol. The molecule has 0 aliphatic carbocycles. The van der Waals surface area contributed by atoms with Gasteiger partial charge < -0.3 is 19.9 Å². The van der Waals surface area contributed by atoms with E-state index in [4.69, 9.17) is 19.9 Å². The van der Waals surface area contributed by atoms with Gasteiger partial charge in [-0.25, -0.2) is 13.2 Å². The summed E-state index contributed by atoms with van der Waals surface area (Å²) < 4.78 is 45.5. The van der Waals surface area contributed by atoms with Crippen LogP contribution in [0.3, 0.4) is 0 Å². The maximum atomic E-state index is 14.2. The Balaban J connectivity index is 1.88. The van der Waals surface area contributed by atoms with E-state index in [9.17, 15) is 18.0 Å². The summed E-state index contributed by atoms with van der Waals surface area (Å²) >= 11 is 1.03. The van der Waals surface area contributed by atoms with E-state index < -0.39 is 27.3 Å². The lowest BCUT2D eigenvalue weighted by Crippen LogP contribution is -2.41. The highest BCUT2D eigenvalue weighted by molar-refractivity contribution is 7.95. The van der Waals surface area contributed by atoms with Crippen molar-refractivity contribution in [1.29, 1.82) is 0 Å². The molecule has 0 spiro atoms. The first kappa shape index (κ1) is 27.9. The molecule has 1 atom stereocenters. The predicted molar refractivity (Wildman–Crippen MR) is 157 cm³/mol. The predicted octanol–water partition coefficient (Wildman–Crippen LogP) is 2.44. The number of allylic oxidation sites excluding steroid dienone is 1. The number of fused-ring (bicyclic) bond motifs is 1. The molecule has 41 heavy (non-hydrogen) atoms. The van der Waals surface area contributed by atoms with Gasteiger partial charge in [0.2, 0.25) is 9.84 Å². The van der Waals surface area contributed by atoms with E-state index in [1.807, 2.05) is 0 Å². The molecule has 0 bridgehead atoms. The van der Waals surface area contributed by atoms with E-state index in [-0.39, 0.29) is 30.4 Å². The summed E-state index contributed by atoms with van der Waals surface area (Å²) in [5.41, 5.74) is 7.18. The Morgan fingerprint density at radius 3 is 2.05 bits per heavy atom. The lowest BCUT2D eigenvalue weighted by molar-refractivity contribution is -0.134. The number of hydrogen-bond donors (Lipinski definition) is 1. The monoisotopic (exact) mass is 590 g/mol. The van der Waals surface area contributed by atoms with Crippen LogP contribution in [-0.4, -0.2) is 40.3 Å². The molecule has 0 amide bonds. The average molecular weight is 591 g/mol. The van der Waals surface area contributed by atoms with Crippen LogP contribution in [0.4, 0.5) is 0 Å². The van der Waals surface area contributed by atoms with Crippen LogP contribution in [0, 0.1) is 0 Å². The van der Waals surface area contributed by atoms with Crippen LogP contribution < -0.4 is 30.0 Å². The van der Waals surface area contributed by atoms with Gasteiger partial charge in [0, 0.05) is 0 Å². The quantitative estimate of drug-likeness (QED) is 0.325. The molecule has 1 aromatic heterocycles. The zero-order chi connectivity index (χ0) is 29.3. The van der Waals surface area contributed by atoms with Gasteiger partial charge in [0.15, 0.2) is 0 Å². The Bertz CT molecular complexity index is 1940. The van der Waals surface area contributed by atoms with Gasteiger partial charge in [0.05, 0.1) is 42.2 Å². The molecule has 2 N–H and O–H groups in total. The molecule has 210 valence electrons. The van der Waals surface area contributed by atoms with Crippen molar-refractivity contribution >= 4 is 44.6 Å². The molecule has 9 nitrogen and oxygen atoms in total. The first-order valence-corrected chi connectivity index (χ1v) is 14.7. The number of nitrogens with two attached hydrogens (primary N) is 1. The summed E-state index contributed by atoms with van der Waals surface area (Å²) in [6.07, 6.45) is 1.65. The average Bonchev–Trinajstić information content (AvgIpc) is 3.32. The van der Waals surface area contributed by atoms with Gasteiger partial charge in [0.25, 0.3) is 5.56 Å². The van der Waals surface area contributed by atoms with Crippen molar-refractivity contribution in [3.05, 3.63) is 114 Å². The number of nitrogens with zero attached hydrogens (tertiary/aromatic N) is 1. The molecule has 2 heterocycles. The number of thiazole rings is 1. The lowest BCUT2D eigenvalue weighted by atomic mass is 9.89. The second kappa shape index (κ2) is 11.1. The third-order valence-corrected chi connectivity index (χ3v) is 9.73. The van der Waals surface area contributed by atoms with Crippen LogP contribution in [0.25, 0.3) is 17.5 Å². The third-order valence-electron chi connectivity index (χ3n) is 6.71. The summed E-state index contributed by atoms with van der Waals surface area (Å²) in [4.78, 5) is 26.9. The third kappa shape index (κ3) is 4.94. The summed E-state index contributed by atoms with van der Waals surface area (Å²) in [6, 6.07) is 21.4. The fourth-order valence-corrected chi connectivity index (χ4v) is 7.56. The molecule has 5 rings (SSSR count). The fourth-order valence-electron chi connectivity index (χ4n) is 4.69. The molecule has 1 aliphatic heterocycles. The van der Waals surface area contributed by atoms with Crippen LogP contribution >= 0.6 is 11.3 Å². The molecule has 0 unspecified atom stereocenters. The maximum absolute atomic E-state index is 14.2. The standard InChI is InChI=1S/C30H26N2O7S2/c1-37-20-13-9-18(10-14-20)17-23-28(33)32-27(31)26(41(35,36)22-7-5-4-6-8-22)24(19-11-15-21(38-2)16-12-19)25(29(32)40-23)30(34)39-3/h4-17,24H,31H2,1-3H3/b23-17-/t24-/m0/s1. The van der Waals surface area contributed by atoms with Crippen LogP contribution in [0.5, 0.6) is 11.5 Å². The maximum Gasteiger partial charge on any atom is 0.337 e. The molecule has 0 saturated carbocycles. The van der Waals surface area contributed by atoms with Gasteiger partial charge in [-0.2, -0.15) is 0 Å². The molecule has 3 aromatic carbocycles. The van der Waals surface area contributed by atoms with Crippen molar-refractivity contribution < 1.29 is 27.4 Å². The van der Waals surface area contributed by atoms with Gasteiger partial charge in [-0.3, -0.25) is 9.36 Å². The summed E-state index contributed by atoms with van der Waals surface area (Å²) in [5, 5.41) is 0. The Kier molecular flexibility index (Phi) is 7.57.